The summed E-state index contributed by atoms with van der Waals surface area (Å²) in [6.07, 6.45) is 0. The second kappa shape index (κ2) is 5.35. The molecule has 0 saturated carbocycles. The van der Waals surface area contributed by atoms with Gasteiger partial charge in [0, 0.05) is 0 Å². The fraction of sp³-hybridized carbons (Fsp3) is 1.00. The van der Waals surface area contributed by atoms with E-state index in [4.69, 9.17) is 5.11 Å². The van der Waals surface area contributed by atoms with E-state index in [1.165, 1.54) is 0 Å². The number of rotatable bonds is 0. The minimum atomic E-state index is -0.500. The van der Waals surface area contributed by atoms with E-state index in [0.717, 1.165) is 0 Å². The molecule has 3 heteroatoms. The quantitative estimate of drug-likeness (QED) is 0.557. The van der Waals surface area contributed by atoms with Crippen LogP contribution in [0, 0.1) is 0 Å². The molecule has 7 heavy (non-hydrogen) atoms. The molecule has 0 rings (SSSR count). The van der Waals surface area contributed by atoms with E-state index < -0.39 is 5.60 Å². The van der Waals surface area contributed by atoms with Gasteiger partial charge < -0.3 is 7.96 Å². The zero-order valence-electron chi connectivity index (χ0n) is 7.06. The van der Waals surface area contributed by atoms with E-state index in [2.05, 4.69) is 0 Å². The first-order chi connectivity index (χ1) is 2.00. The number of hydrogen-bond acceptors (Lipinski definition) is 1. The van der Waals surface area contributed by atoms with Crippen molar-refractivity contribution in [1.29, 1.82) is 0 Å². The van der Waals surface area contributed by atoms with Crippen LogP contribution in [0.2, 0.25) is 0 Å². The van der Waals surface area contributed by atoms with E-state index in [0.29, 0.717) is 0 Å². The van der Waals surface area contributed by atoms with Crippen LogP contribution in [0.4, 0.5) is 0 Å². The normalized spacial score (nSPS) is 8.57. The first-order valence-corrected chi connectivity index (χ1v) is 1.72. The molecule has 0 aliphatic carbocycles. The van der Waals surface area contributed by atoms with Crippen molar-refractivity contribution in [3.8, 4) is 0 Å². The van der Waals surface area contributed by atoms with Crippen molar-refractivity contribution in [1.82, 2.24) is 0 Å². The van der Waals surface area contributed by atoms with Crippen LogP contribution in [0.15, 0.2) is 0 Å². The van der Waals surface area contributed by atoms with Gasteiger partial charge in [0.2, 0.25) is 0 Å². The van der Waals surface area contributed by atoms with Gasteiger partial charge in [0.05, 0.1) is 5.60 Å². The summed E-state index contributed by atoms with van der Waals surface area (Å²) < 4.78 is 0. The van der Waals surface area contributed by atoms with Crippen LogP contribution in [0.3, 0.4) is 0 Å². The maximum atomic E-state index is 8.52. The second-order valence-electron chi connectivity index (χ2n) is 2.17. The monoisotopic (exact) mass is 180 g/mol. The molecular weight excluding hydrogens is 168 g/mol. The maximum Gasteiger partial charge on any atom is 2.00 e. The molecule has 0 unspecified atom stereocenters. The Morgan fingerprint density at radius 1 is 1.29 bits per heavy atom. The van der Waals surface area contributed by atoms with E-state index in [9.17, 15) is 0 Å². The predicted molar refractivity (Wildman–Crippen MR) is 40.3 cm³/mol. The summed E-state index contributed by atoms with van der Waals surface area (Å²) in [6, 6.07) is 0. The SMILES string of the molecule is Br.CC(C)(C)O.[H-].[H-].[Mg+2]. The number of aliphatic hydroxyl groups is 1. The summed E-state index contributed by atoms with van der Waals surface area (Å²) in [7, 11) is 0. The molecule has 0 aliphatic heterocycles. The Kier molecular flexibility index (Phi) is 12.0. The van der Waals surface area contributed by atoms with Gasteiger partial charge >= 0.3 is 23.1 Å². The van der Waals surface area contributed by atoms with E-state index >= 15 is 0 Å². The molecule has 0 aromatic rings. The molecular formula is C4H13BrMgO. The van der Waals surface area contributed by atoms with Crippen molar-refractivity contribution in [3.63, 3.8) is 0 Å². The molecule has 0 aliphatic rings. The zero-order chi connectivity index (χ0) is 4.50. The van der Waals surface area contributed by atoms with Crippen LogP contribution >= 0.6 is 17.0 Å². The Morgan fingerprint density at radius 3 is 1.29 bits per heavy atom. The van der Waals surface area contributed by atoms with Crippen molar-refractivity contribution in [2.24, 2.45) is 0 Å². The molecule has 0 spiro atoms. The average molecular weight is 181 g/mol. The Morgan fingerprint density at radius 2 is 1.29 bits per heavy atom. The van der Waals surface area contributed by atoms with Crippen molar-refractivity contribution in [2.75, 3.05) is 0 Å². The molecule has 0 aromatic heterocycles. The molecule has 0 fully saturated rings. The summed E-state index contributed by atoms with van der Waals surface area (Å²) in [5, 5.41) is 8.52. The minimum Gasteiger partial charge on any atom is -1.00 e. The van der Waals surface area contributed by atoms with E-state index in [1.54, 1.807) is 20.8 Å². The molecule has 0 atom stereocenters. The number of hydrogen-bond donors (Lipinski definition) is 1. The van der Waals surface area contributed by atoms with Crippen molar-refractivity contribution < 1.29 is 7.96 Å². The topological polar surface area (TPSA) is 20.2 Å². The van der Waals surface area contributed by atoms with Gasteiger partial charge in [-0.15, -0.1) is 17.0 Å². The summed E-state index contributed by atoms with van der Waals surface area (Å²) >= 11 is 0. The maximum absolute atomic E-state index is 8.52. The minimum absolute atomic E-state index is 0. The van der Waals surface area contributed by atoms with Gasteiger partial charge in [-0.05, 0) is 20.8 Å². The first-order valence-electron chi connectivity index (χ1n) is 1.72. The molecule has 0 amide bonds. The van der Waals surface area contributed by atoms with Crippen LogP contribution in [-0.4, -0.2) is 33.8 Å². The second-order valence-corrected chi connectivity index (χ2v) is 2.17. The third kappa shape index (κ3) is 134. The van der Waals surface area contributed by atoms with E-state index in [1.807, 2.05) is 0 Å². The predicted octanol–water partition coefficient (Wildman–Crippen LogP) is 1.20. The Hall–Kier alpha value is 1.21. The van der Waals surface area contributed by atoms with Crippen molar-refractivity contribution in [2.45, 2.75) is 26.4 Å². The van der Waals surface area contributed by atoms with Crippen LogP contribution < -0.4 is 0 Å². The van der Waals surface area contributed by atoms with Gasteiger partial charge in [0.1, 0.15) is 0 Å². The van der Waals surface area contributed by atoms with Crippen LogP contribution in [-0.2, 0) is 0 Å². The first kappa shape index (κ1) is 15.7. The molecule has 0 bridgehead atoms. The molecule has 0 saturated heterocycles. The average Bonchev–Trinajstić information content (AvgIpc) is 0.722. The molecule has 1 nitrogen and oxygen atoms in total. The Balaban J connectivity index is -0.0000000133. The molecule has 1 N–H and O–H groups in total. The summed E-state index contributed by atoms with van der Waals surface area (Å²) in [6.45, 7) is 5.23. The third-order valence-electron chi connectivity index (χ3n) is 0. The van der Waals surface area contributed by atoms with Gasteiger partial charge in [0.25, 0.3) is 0 Å². The molecule has 0 radical (unpaired) electrons. The fourth-order valence-electron chi connectivity index (χ4n) is 0. The summed E-state index contributed by atoms with van der Waals surface area (Å²) in [5.74, 6) is 0. The van der Waals surface area contributed by atoms with Gasteiger partial charge in [-0.2, -0.15) is 0 Å². The largest absolute Gasteiger partial charge is 2.00 e. The van der Waals surface area contributed by atoms with Crippen LogP contribution in [0.1, 0.15) is 23.6 Å². The van der Waals surface area contributed by atoms with Crippen molar-refractivity contribution >= 4 is 40.0 Å². The van der Waals surface area contributed by atoms with Crippen molar-refractivity contribution in [3.05, 3.63) is 0 Å². The standard InChI is InChI=1S/C4H10O.BrH.Mg.2H/c1-4(2,3)5;;;;/h5H,1-3H3;1H;;;/q;;+2;2*-1. The zero-order valence-corrected chi connectivity index (χ0v) is 8.19. The summed E-state index contributed by atoms with van der Waals surface area (Å²) in [5.41, 5.74) is -0.500. The Labute approximate surface area is 74.4 Å². The summed E-state index contributed by atoms with van der Waals surface area (Å²) in [4.78, 5) is 0. The van der Waals surface area contributed by atoms with E-state index in [-0.39, 0.29) is 42.9 Å². The van der Waals surface area contributed by atoms with Crippen LogP contribution in [0.25, 0.3) is 0 Å². The third-order valence-corrected chi connectivity index (χ3v) is 0. The van der Waals surface area contributed by atoms with Gasteiger partial charge in [-0.3, -0.25) is 0 Å². The Bertz CT molecular complexity index is 34.0. The molecule has 0 aromatic carbocycles. The van der Waals surface area contributed by atoms with Gasteiger partial charge in [-0.1, -0.05) is 0 Å². The number of halogens is 1. The molecule has 44 valence electrons. The molecule has 0 heterocycles. The smallest absolute Gasteiger partial charge is 1.00 e. The van der Waals surface area contributed by atoms with Gasteiger partial charge in [-0.25, -0.2) is 0 Å². The fourth-order valence-corrected chi connectivity index (χ4v) is 0. The van der Waals surface area contributed by atoms with Crippen LogP contribution in [0.5, 0.6) is 0 Å². The van der Waals surface area contributed by atoms with Gasteiger partial charge in [0.15, 0.2) is 0 Å².